The molecule has 1 spiro atoms. The van der Waals surface area contributed by atoms with Crippen LogP contribution >= 0.6 is 0 Å². The zero-order chi connectivity index (χ0) is 26.0. The molecule has 1 N–H and O–H groups in total. The molecule has 3 rings (SSSR count). The molecular weight excluding hydrogens is 448 g/mol. The molecule has 3 fully saturated rings. The lowest BCUT2D eigenvalue weighted by Crippen LogP contribution is -2.60. The molecule has 196 valence electrons. The van der Waals surface area contributed by atoms with Crippen LogP contribution in [0.3, 0.4) is 0 Å². The highest BCUT2D eigenvalue weighted by molar-refractivity contribution is 5.98. The second-order valence-electron chi connectivity index (χ2n) is 11.2. The second kappa shape index (κ2) is 10.4. The summed E-state index contributed by atoms with van der Waals surface area (Å²) in [6.45, 7) is 15.9. The standard InChI is InChI=1S/C27H42N2O6/c1-7-9-10-11-18-34-24(33)20-19-22(31)28(16-12-17-30)21(27(19)14-13-26(20,6)35-27)23(32)29(15-8-2)25(3,4)5/h7-8,19-21,30H,1-2,9-18H2,3-6H3/t19-,20+,21?,26-,27?/m0/s1. The molecule has 3 saturated heterocycles. The van der Waals surface area contributed by atoms with Crippen molar-refractivity contribution >= 4 is 17.8 Å². The number of carbonyl (C=O) groups excluding carboxylic acids is 3. The molecule has 0 aromatic carbocycles. The van der Waals surface area contributed by atoms with Crippen molar-refractivity contribution in [2.45, 2.75) is 89.0 Å². The number of fused-ring (bicyclic) bond motifs is 1. The van der Waals surface area contributed by atoms with Gasteiger partial charge in [-0.05, 0) is 66.2 Å². The van der Waals surface area contributed by atoms with Crippen LogP contribution in [0, 0.1) is 11.8 Å². The molecule has 5 atom stereocenters. The molecular formula is C27H42N2O6. The first kappa shape index (κ1) is 27.4. The zero-order valence-electron chi connectivity index (χ0n) is 21.8. The zero-order valence-corrected chi connectivity index (χ0v) is 21.8. The van der Waals surface area contributed by atoms with E-state index < -0.39 is 40.6 Å². The molecule has 0 saturated carbocycles. The third-order valence-corrected chi connectivity index (χ3v) is 7.76. The van der Waals surface area contributed by atoms with Crippen molar-refractivity contribution in [2.24, 2.45) is 11.8 Å². The van der Waals surface area contributed by atoms with E-state index in [1.165, 1.54) is 0 Å². The SMILES string of the molecule is C=CCCCCOC(=O)[C@H]1[C@H]2C(=O)N(CCCO)C(C(=O)N(CC=C)C(C)(C)C)C23CC[C@]1(C)O3. The van der Waals surface area contributed by atoms with E-state index in [0.717, 1.165) is 19.3 Å². The van der Waals surface area contributed by atoms with Gasteiger partial charge in [-0.15, -0.1) is 13.2 Å². The first-order valence-electron chi connectivity index (χ1n) is 12.8. The maximum Gasteiger partial charge on any atom is 0.312 e. The Morgan fingerprint density at radius 1 is 1.23 bits per heavy atom. The number of aliphatic hydroxyl groups excluding tert-OH is 1. The minimum atomic E-state index is -1.09. The number of ether oxygens (including phenoxy) is 2. The Labute approximate surface area is 209 Å². The molecule has 3 aliphatic rings. The highest BCUT2D eigenvalue weighted by Gasteiger charge is 2.78. The van der Waals surface area contributed by atoms with E-state index in [0.29, 0.717) is 25.8 Å². The molecule has 0 aromatic rings. The van der Waals surface area contributed by atoms with Crippen LogP contribution in [-0.4, -0.2) is 81.8 Å². The van der Waals surface area contributed by atoms with Crippen LogP contribution in [0.5, 0.6) is 0 Å². The number of nitrogens with zero attached hydrogens (tertiary/aromatic N) is 2. The van der Waals surface area contributed by atoms with Gasteiger partial charge < -0.3 is 24.4 Å². The number of likely N-dealkylation sites (tertiary alicyclic amines) is 1. The molecule has 8 heteroatoms. The number of esters is 1. The number of carbonyl (C=O) groups is 3. The van der Waals surface area contributed by atoms with E-state index in [-0.39, 0.29) is 31.6 Å². The first-order chi connectivity index (χ1) is 16.5. The van der Waals surface area contributed by atoms with Gasteiger partial charge in [-0.2, -0.15) is 0 Å². The van der Waals surface area contributed by atoms with Crippen molar-refractivity contribution in [1.82, 2.24) is 9.80 Å². The maximum absolute atomic E-state index is 14.1. The van der Waals surface area contributed by atoms with Gasteiger partial charge in [0.1, 0.15) is 17.6 Å². The van der Waals surface area contributed by atoms with Crippen molar-refractivity contribution < 1.29 is 29.0 Å². The molecule has 3 heterocycles. The third kappa shape index (κ3) is 4.79. The molecule has 2 unspecified atom stereocenters. The maximum atomic E-state index is 14.1. The molecule has 2 bridgehead atoms. The van der Waals surface area contributed by atoms with Gasteiger partial charge in [0.05, 0.1) is 18.1 Å². The highest BCUT2D eigenvalue weighted by Crippen LogP contribution is 2.63. The fourth-order valence-electron chi connectivity index (χ4n) is 6.17. The lowest BCUT2D eigenvalue weighted by Gasteiger charge is -2.42. The molecule has 35 heavy (non-hydrogen) atoms. The average molecular weight is 491 g/mol. The Hall–Kier alpha value is -2.19. The van der Waals surface area contributed by atoms with Gasteiger partial charge >= 0.3 is 5.97 Å². The van der Waals surface area contributed by atoms with Gasteiger partial charge in [-0.3, -0.25) is 14.4 Å². The quantitative estimate of drug-likeness (QED) is 0.257. The van der Waals surface area contributed by atoms with Crippen molar-refractivity contribution in [1.29, 1.82) is 0 Å². The number of amides is 2. The van der Waals surface area contributed by atoms with Crippen molar-refractivity contribution in [3.8, 4) is 0 Å². The van der Waals surface area contributed by atoms with E-state index in [1.807, 2.05) is 33.8 Å². The Balaban J connectivity index is 1.96. The topological polar surface area (TPSA) is 96.4 Å². The molecule has 0 aromatic heterocycles. The smallest absolute Gasteiger partial charge is 0.312 e. The number of allylic oxidation sites excluding steroid dienone is 1. The molecule has 2 amide bonds. The lowest BCUT2D eigenvalue weighted by molar-refractivity contribution is -0.161. The Bertz CT molecular complexity index is 851. The normalized spacial score (nSPS) is 31.4. The summed E-state index contributed by atoms with van der Waals surface area (Å²) >= 11 is 0. The van der Waals surface area contributed by atoms with Gasteiger partial charge in [-0.25, -0.2) is 0 Å². The van der Waals surface area contributed by atoms with E-state index in [9.17, 15) is 19.5 Å². The summed E-state index contributed by atoms with van der Waals surface area (Å²) in [7, 11) is 0. The van der Waals surface area contributed by atoms with Crippen molar-refractivity contribution in [2.75, 3.05) is 26.3 Å². The monoisotopic (exact) mass is 490 g/mol. The van der Waals surface area contributed by atoms with Gasteiger partial charge in [0.2, 0.25) is 11.8 Å². The van der Waals surface area contributed by atoms with Crippen molar-refractivity contribution in [3.63, 3.8) is 0 Å². The molecule has 8 nitrogen and oxygen atoms in total. The lowest BCUT2D eigenvalue weighted by atomic mass is 9.66. The Morgan fingerprint density at radius 3 is 2.54 bits per heavy atom. The van der Waals surface area contributed by atoms with E-state index in [4.69, 9.17) is 9.47 Å². The minimum absolute atomic E-state index is 0.104. The van der Waals surface area contributed by atoms with Gasteiger partial charge in [0, 0.05) is 25.2 Å². The van der Waals surface area contributed by atoms with Crippen molar-refractivity contribution in [3.05, 3.63) is 25.3 Å². The van der Waals surface area contributed by atoms with Gasteiger partial charge in [-0.1, -0.05) is 12.2 Å². The summed E-state index contributed by atoms with van der Waals surface area (Å²) in [6.07, 6.45) is 7.38. The molecule has 0 radical (unpaired) electrons. The molecule has 3 aliphatic heterocycles. The number of rotatable bonds is 12. The summed E-state index contributed by atoms with van der Waals surface area (Å²) in [5, 5.41) is 9.47. The Morgan fingerprint density at radius 2 is 1.94 bits per heavy atom. The first-order valence-corrected chi connectivity index (χ1v) is 12.8. The van der Waals surface area contributed by atoms with Crippen LogP contribution in [0.25, 0.3) is 0 Å². The summed E-state index contributed by atoms with van der Waals surface area (Å²) in [4.78, 5) is 44.5. The van der Waals surface area contributed by atoms with Gasteiger partial charge in [0.15, 0.2) is 0 Å². The summed E-state index contributed by atoms with van der Waals surface area (Å²) in [5.41, 5.74) is -2.45. The highest BCUT2D eigenvalue weighted by atomic mass is 16.6. The van der Waals surface area contributed by atoms with Gasteiger partial charge in [0.25, 0.3) is 0 Å². The van der Waals surface area contributed by atoms with Crippen LogP contribution < -0.4 is 0 Å². The Kier molecular flexibility index (Phi) is 8.16. The minimum Gasteiger partial charge on any atom is -0.465 e. The average Bonchev–Trinajstić information content (AvgIpc) is 3.35. The summed E-state index contributed by atoms with van der Waals surface area (Å²) in [6, 6.07) is -0.863. The van der Waals surface area contributed by atoms with Crippen LogP contribution in [-0.2, 0) is 23.9 Å². The van der Waals surface area contributed by atoms with Crippen LogP contribution in [0.2, 0.25) is 0 Å². The van der Waals surface area contributed by atoms with E-state index >= 15 is 0 Å². The van der Waals surface area contributed by atoms with Crippen LogP contribution in [0.15, 0.2) is 25.3 Å². The second-order valence-corrected chi connectivity index (χ2v) is 11.2. The summed E-state index contributed by atoms with van der Waals surface area (Å²) in [5.74, 6) is -2.45. The van der Waals surface area contributed by atoms with Crippen LogP contribution in [0.4, 0.5) is 0 Å². The molecule has 0 aliphatic carbocycles. The fraction of sp³-hybridized carbons (Fsp3) is 0.741. The number of hydrogen-bond donors (Lipinski definition) is 1. The summed E-state index contributed by atoms with van der Waals surface area (Å²) < 4.78 is 12.2. The predicted octanol–water partition coefficient (Wildman–Crippen LogP) is 2.85. The largest absolute Gasteiger partial charge is 0.465 e. The predicted molar refractivity (Wildman–Crippen MR) is 132 cm³/mol. The fourth-order valence-corrected chi connectivity index (χ4v) is 6.17. The number of unbranched alkanes of at least 4 members (excludes halogenated alkanes) is 2. The van der Waals surface area contributed by atoms with E-state index in [2.05, 4.69) is 13.2 Å². The third-order valence-electron chi connectivity index (χ3n) is 7.76. The van der Waals surface area contributed by atoms with E-state index in [1.54, 1.807) is 15.9 Å². The van der Waals surface area contributed by atoms with Crippen LogP contribution in [0.1, 0.15) is 66.2 Å². The number of aliphatic hydroxyl groups is 1. The number of hydrogen-bond acceptors (Lipinski definition) is 6.